The van der Waals surface area contributed by atoms with Crippen LogP contribution in [0.4, 0.5) is 11.4 Å². The Morgan fingerprint density at radius 1 is 1.47 bits per heavy atom. The molecule has 0 spiro atoms. The van der Waals surface area contributed by atoms with Crippen molar-refractivity contribution in [1.29, 1.82) is 0 Å². The van der Waals surface area contributed by atoms with Crippen LogP contribution in [0.3, 0.4) is 0 Å². The first-order chi connectivity index (χ1) is 8.99. The lowest BCUT2D eigenvalue weighted by atomic mass is 9.85. The van der Waals surface area contributed by atoms with Gasteiger partial charge in [-0.15, -0.1) is 0 Å². The normalized spacial score (nSPS) is 14.8. The van der Waals surface area contributed by atoms with E-state index in [0.29, 0.717) is 17.2 Å². The summed E-state index contributed by atoms with van der Waals surface area (Å²) in [5, 5.41) is 11.1. The van der Waals surface area contributed by atoms with Gasteiger partial charge in [0, 0.05) is 25.2 Å². The third-order valence-electron chi connectivity index (χ3n) is 3.75. The van der Waals surface area contributed by atoms with Crippen LogP contribution in [0.2, 0.25) is 0 Å². The predicted molar refractivity (Wildman–Crippen MR) is 73.7 cm³/mol. The van der Waals surface area contributed by atoms with Crippen molar-refractivity contribution in [3.63, 3.8) is 0 Å². The molecule has 5 nitrogen and oxygen atoms in total. The number of benzene rings is 1. The van der Waals surface area contributed by atoms with Gasteiger partial charge in [-0.25, -0.2) is 0 Å². The maximum atomic E-state index is 11.3. The van der Waals surface area contributed by atoms with Crippen LogP contribution >= 0.6 is 0 Å². The topological polar surface area (TPSA) is 63.5 Å². The Morgan fingerprint density at radius 3 is 2.63 bits per heavy atom. The Hall–Kier alpha value is -1.91. The first kappa shape index (κ1) is 13.5. The molecule has 1 aromatic rings. The molecule has 1 aromatic carbocycles. The number of rotatable bonds is 5. The molecule has 0 aromatic heterocycles. The van der Waals surface area contributed by atoms with Crippen LogP contribution in [0.25, 0.3) is 0 Å². The van der Waals surface area contributed by atoms with Crippen molar-refractivity contribution in [2.75, 3.05) is 18.5 Å². The summed E-state index contributed by atoms with van der Waals surface area (Å²) in [5.41, 5.74) is 0.976. The van der Waals surface area contributed by atoms with Crippen molar-refractivity contribution < 1.29 is 9.72 Å². The second-order valence-electron chi connectivity index (χ2n) is 5.19. The maximum absolute atomic E-state index is 11.3. The Bertz CT molecular complexity index is 509. The van der Waals surface area contributed by atoms with Gasteiger partial charge in [-0.1, -0.05) is 6.42 Å². The van der Waals surface area contributed by atoms with E-state index in [9.17, 15) is 14.9 Å². The number of carbonyl (C=O) groups is 1. The molecule has 0 heterocycles. The number of Topliss-reactive ketones (excluding diaryl/α,β-unsaturated/α-hetero) is 1. The molecule has 1 fully saturated rings. The number of hydrogen-bond donors (Lipinski definition) is 0. The van der Waals surface area contributed by atoms with Gasteiger partial charge in [0.1, 0.15) is 5.69 Å². The van der Waals surface area contributed by atoms with Gasteiger partial charge >= 0.3 is 0 Å². The molecule has 19 heavy (non-hydrogen) atoms. The van der Waals surface area contributed by atoms with E-state index < -0.39 is 4.92 Å². The van der Waals surface area contributed by atoms with Crippen molar-refractivity contribution in [3.8, 4) is 0 Å². The molecular formula is C14H18N2O3. The van der Waals surface area contributed by atoms with Gasteiger partial charge in [-0.3, -0.25) is 14.9 Å². The maximum Gasteiger partial charge on any atom is 0.293 e. The number of hydrogen-bond acceptors (Lipinski definition) is 4. The standard InChI is InChI=1S/C14H18N2O3/c1-10(17)12-6-7-13(14(8-12)16(18)19)15(2)9-11-4-3-5-11/h6-8,11H,3-5,9H2,1-2H3. The highest BCUT2D eigenvalue weighted by Crippen LogP contribution is 2.32. The van der Waals surface area contributed by atoms with Crippen LogP contribution in [-0.4, -0.2) is 24.3 Å². The third-order valence-corrected chi connectivity index (χ3v) is 3.75. The Morgan fingerprint density at radius 2 is 2.16 bits per heavy atom. The van der Waals surface area contributed by atoms with E-state index in [1.54, 1.807) is 12.1 Å². The minimum Gasteiger partial charge on any atom is -0.369 e. The highest BCUT2D eigenvalue weighted by molar-refractivity contribution is 5.95. The molecule has 0 radical (unpaired) electrons. The minimum atomic E-state index is -0.418. The monoisotopic (exact) mass is 262 g/mol. The summed E-state index contributed by atoms with van der Waals surface area (Å²) in [4.78, 5) is 23.9. The molecule has 0 aliphatic heterocycles. The minimum absolute atomic E-state index is 0.00882. The number of nitro benzene ring substituents is 1. The molecule has 1 aliphatic rings. The van der Waals surface area contributed by atoms with E-state index >= 15 is 0 Å². The van der Waals surface area contributed by atoms with Crippen LogP contribution in [-0.2, 0) is 0 Å². The first-order valence-electron chi connectivity index (χ1n) is 6.49. The lowest BCUT2D eigenvalue weighted by Gasteiger charge is -2.31. The van der Waals surface area contributed by atoms with Crippen molar-refractivity contribution >= 4 is 17.2 Å². The molecule has 0 bridgehead atoms. The van der Waals surface area contributed by atoms with E-state index in [1.807, 2.05) is 11.9 Å². The van der Waals surface area contributed by atoms with Crippen LogP contribution in [0.5, 0.6) is 0 Å². The summed E-state index contributed by atoms with van der Waals surface area (Å²) in [6.45, 7) is 2.25. The quantitative estimate of drug-likeness (QED) is 0.465. The summed E-state index contributed by atoms with van der Waals surface area (Å²) < 4.78 is 0. The number of carbonyl (C=O) groups excluding carboxylic acids is 1. The molecular weight excluding hydrogens is 244 g/mol. The SMILES string of the molecule is CC(=O)c1ccc(N(C)CC2CCC2)c([N+](=O)[O-])c1. The van der Waals surface area contributed by atoms with E-state index in [0.717, 1.165) is 6.54 Å². The molecule has 0 saturated heterocycles. The average Bonchev–Trinajstić information content (AvgIpc) is 2.32. The molecule has 1 aliphatic carbocycles. The lowest BCUT2D eigenvalue weighted by molar-refractivity contribution is -0.384. The fourth-order valence-electron chi connectivity index (χ4n) is 2.37. The van der Waals surface area contributed by atoms with Crippen LogP contribution in [0.15, 0.2) is 18.2 Å². The number of nitro groups is 1. The molecule has 0 amide bonds. The van der Waals surface area contributed by atoms with Crippen molar-refractivity contribution in [3.05, 3.63) is 33.9 Å². The lowest BCUT2D eigenvalue weighted by Crippen LogP contribution is -2.29. The molecule has 0 atom stereocenters. The molecule has 0 N–H and O–H groups in total. The van der Waals surface area contributed by atoms with Gasteiger partial charge in [0.15, 0.2) is 5.78 Å². The third kappa shape index (κ3) is 2.92. The zero-order valence-corrected chi connectivity index (χ0v) is 11.3. The molecule has 5 heteroatoms. The van der Waals surface area contributed by atoms with Crippen molar-refractivity contribution in [1.82, 2.24) is 0 Å². The summed E-state index contributed by atoms with van der Waals surface area (Å²) in [5.74, 6) is 0.480. The van der Waals surface area contributed by atoms with Crippen molar-refractivity contribution in [2.24, 2.45) is 5.92 Å². The molecule has 0 unspecified atom stereocenters. The number of nitrogens with zero attached hydrogens (tertiary/aromatic N) is 2. The average molecular weight is 262 g/mol. The van der Waals surface area contributed by atoms with Crippen LogP contribution in [0.1, 0.15) is 36.5 Å². The van der Waals surface area contributed by atoms with Crippen LogP contribution in [0, 0.1) is 16.0 Å². The summed E-state index contributed by atoms with van der Waals surface area (Å²) >= 11 is 0. The second kappa shape index (κ2) is 5.38. The predicted octanol–water partition coefficient (Wildman–Crippen LogP) is 3.03. The van der Waals surface area contributed by atoms with Crippen LogP contribution < -0.4 is 4.90 Å². The Balaban J connectivity index is 2.27. The Labute approximate surface area is 112 Å². The summed E-state index contributed by atoms with van der Waals surface area (Å²) in [6, 6.07) is 4.70. The zero-order chi connectivity index (χ0) is 14.0. The molecule has 102 valence electrons. The van der Waals surface area contributed by atoms with Gasteiger partial charge in [0.2, 0.25) is 0 Å². The molecule has 2 rings (SSSR count). The van der Waals surface area contributed by atoms with Gasteiger partial charge in [-0.2, -0.15) is 0 Å². The smallest absolute Gasteiger partial charge is 0.293 e. The van der Waals surface area contributed by atoms with E-state index in [1.165, 1.54) is 32.3 Å². The highest BCUT2D eigenvalue weighted by Gasteiger charge is 2.23. The van der Waals surface area contributed by atoms with E-state index in [2.05, 4.69) is 0 Å². The molecule has 1 saturated carbocycles. The zero-order valence-electron chi connectivity index (χ0n) is 11.3. The second-order valence-corrected chi connectivity index (χ2v) is 5.19. The highest BCUT2D eigenvalue weighted by atomic mass is 16.6. The largest absolute Gasteiger partial charge is 0.369 e. The fraction of sp³-hybridized carbons (Fsp3) is 0.500. The number of ketones is 1. The van der Waals surface area contributed by atoms with E-state index in [4.69, 9.17) is 0 Å². The van der Waals surface area contributed by atoms with E-state index in [-0.39, 0.29) is 11.5 Å². The Kier molecular flexibility index (Phi) is 3.83. The van der Waals surface area contributed by atoms with Gasteiger partial charge in [0.05, 0.1) is 4.92 Å². The number of anilines is 1. The first-order valence-corrected chi connectivity index (χ1v) is 6.49. The summed E-state index contributed by atoms with van der Waals surface area (Å²) in [7, 11) is 1.87. The van der Waals surface area contributed by atoms with Gasteiger partial charge in [-0.05, 0) is 37.8 Å². The van der Waals surface area contributed by atoms with Gasteiger partial charge in [0.25, 0.3) is 5.69 Å². The van der Waals surface area contributed by atoms with Crippen molar-refractivity contribution in [2.45, 2.75) is 26.2 Å². The fourth-order valence-corrected chi connectivity index (χ4v) is 2.37. The van der Waals surface area contributed by atoms with Gasteiger partial charge < -0.3 is 4.90 Å². The summed E-state index contributed by atoms with van der Waals surface area (Å²) in [6.07, 6.45) is 3.65.